The molecule has 0 radical (unpaired) electrons. The van der Waals surface area contributed by atoms with E-state index in [4.69, 9.17) is 4.74 Å². The number of rotatable bonds is 4. The average molecular weight is 412 g/mol. The van der Waals surface area contributed by atoms with E-state index in [-0.39, 0.29) is 18.3 Å². The molecule has 2 amide bonds. The van der Waals surface area contributed by atoms with E-state index >= 15 is 0 Å². The van der Waals surface area contributed by atoms with E-state index in [2.05, 4.69) is 4.99 Å². The number of amides is 2. The number of ether oxygens (including phenoxy) is 1. The topological polar surface area (TPSA) is 82.4 Å². The van der Waals surface area contributed by atoms with E-state index in [0.29, 0.717) is 31.1 Å². The van der Waals surface area contributed by atoms with E-state index in [1.165, 1.54) is 0 Å². The van der Waals surface area contributed by atoms with Crippen LogP contribution in [0.1, 0.15) is 39.2 Å². The van der Waals surface area contributed by atoms with Gasteiger partial charge in [0.2, 0.25) is 0 Å². The molecule has 160 valence electrons. The number of carbonyl (C=O) groups is 2. The van der Waals surface area contributed by atoms with Gasteiger partial charge in [-0.1, -0.05) is 36.4 Å². The molecule has 7 nitrogen and oxygen atoms in total. The van der Waals surface area contributed by atoms with Gasteiger partial charge in [0.15, 0.2) is 0 Å². The lowest BCUT2D eigenvalue weighted by atomic mass is 9.94. The summed E-state index contributed by atoms with van der Waals surface area (Å²) in [7, 11) is 0. The molecule has 7 heteroatoms. The van der Waals surface area contributed by atoms with Gasteiger partial charge in [0.1, 0.15) is 11.3 Å². The smallest absolute Gasteiger partial charge is 0.410 e. The first-order valence-electron chi connectivity index (χ1n) is 10.2. The Morgan fingerprint density at radius 1 is 1.17 bits per heavy atom. The average Bonchev–Trinajstić information content (AvgIpc) is 2.73. The molecule has 2 heterocycles. The lowest BCUT2D eigenvalue weighted by Crippen LogP contribution is -2.39. The van der Waals surface area contributed by atoms with Crippen LogP contribution in [-0.4, -0.2) is 58.1 Å². The maximum absolute atomic E-state index is 12.6. The third-order valence-electron chi connectivity index (χ3n) is 4.88. The number of dihydropyridines is 1. The molecule has 2 aliphatic heterocycles. The van der Waals surface area contributed by atoms with Crippen molar-refractivity contribution in [1.82, 2.24) is 9.96 Å². The molecule has 0 bridgehead atoms. The van der Waals surface area contributed by atoms with Crippen LogP contribution in [0.15, 0.2) is 58.6 Å². The zero-order valence-electron chi connectivity index (χ0n) is 17.8. The highest BCUT2D eigenvalue weighted by molar-refractivity contribution is 6.43. The number of carbonyl (C=O) groups excluding carboxylic acids is 2. The monoisotopic (exact) mass is 411 g/mol. The Hall–Kier alpha value is -2.93. The molecule has 1 aromatic rings. The predicted molar refractivity (Wildman–Crippen MR) is 114 cm³/mol. The molecule has 30 heavy (non-hydrogen) atoms. The van der Waals surface area contributed by atoms with Crippen molar-refractivity contribution in [3.63, 3.8) is 0 Å². The maximum Gasteiger partial charge on any atom is 0.410 e. The van der Waals surface area contributed by atoms with Crippen LogP contribution in [0.4, 0.5) is 4.79 Å². The van der Waals surface area contributed by atoms with E-state index < -0.39 is 11.5 Å². The molecule has 1 N–H and O–H groups in total. The third-order valence-corrected chi connectivity index (χ3v) is 4.88. The number of aliphatic imine (C=N–C) groups is 1. The molecule has 0 atom stereocenters. The summed E-state index contributed by atoms with van der Waals surface area (Å²) >= 11 is 0. The van der Waals surface area contributed by atoms with Gasteiger partial charge in [-0.25, -0.2) is 9.86 Å². The summed E-state index contributed by atoms with van der Waals surface area (Å²) in [6.45, 7) is 7.20. The number of hydroxylamine groups is 2. The quantitative estimate of drug-likeness (QED) is 0.604. The molecule has 0 aromatic heterocycles. The van der Waals surface area contributed by atoms with Crippen LogP contribution < -0.4 is 0 Å². The summed E-state index contributed by atoms with van der Waals surface area (Å²) in [4.78, 5) is 30.8. The Morgan fingerprint density at radius 2 is 1.90 bits per heavy atom. The standard InChI is InChI=1S/C23H29N3O4/c1-23(2,3)30-22(28)25-13-10-18(11-14-25)19-9-12-24-20(15-19)21(27)26(29)16-17-7-5-4-6-8-17/h4-8,10,15,29H,9,11-14,16H2,1-3H3. The van der Waals surface area contributed by atoms with E-state index in [1.807, 2.05) is 57.2 Å². The minimum atomic E-state index is -0.519. The number of nitrogens with zero attached hydrogens (tertiary/aromatic N) is 3. The summed E-state index contributed by atoms with van der Waals surface area (Å²) in [5, 5.41) is 10.9. The summed E-state index contributed by atoms with van der Waals surface area (Å²) in [5.74, 6) is -0.511. The van der Waals surface area contributed by atoms with Crippen LogP contribution in [0.3, 0.4) is 0 Å². The summed E-state index contributed by atoms with van der Waals surface area (Å²) in [6.07, 6.45) is 4.88. The van der Waals surface area contributed by atoms with Gasteiger partial charge < -0.3 is 9.64 Å². The summed E-state index contributed by atoms with van der Waals surface area (Å²) < 4.78 is 5.43. The first kappa shape index (κ1) is 21.8. The molecule has 0 unspecified atom stereocenters. The fourth-order valence-electron chi connectivity index (χ4n) is 3.38. The van der Waals surface area contributed by atoms with Gasteiger partial charge in [-0.05, 0) is 56.4 Å². The van der Waals surface area contributed by atoms with Gasteiger partial charge >= 0.3 is 6.09 Å². The minimum absolute atomic E-state index is 0.107. The minimum Gasteiger partial charge on any atom is -0.444 e. The summed E-state index contributed by atoms with van der Waals surface area (Å²) in [6, 6.07) is 9.31. The first-order valence-corrected chi connectivity index (χ1v) is 10.2. The zero-order chi connectivity index (χ0) is 21.7. The zero-order valence-corrected chi connectivity index (χ0v) is 17.8. The van der Waals surface area contributed by atoms with E-state index in [1.54, 1.807) is 11.0 Å². The predicted octanol–water partition coefficient (Wildman–Crippen LogP) is 3.74. The molecular weight excluding hydrogens is 382 g/mol. The Bertz CT molecular complexity index is 881. The lowest BCUT2D eigenvalue weighted by molar-refractivity contribution is -0.159. The highest BCUT2D eigenvalue weighted by Gasteiger charge is 2.26. The molecule has 0 saturated carbocycles. The van der Waals surface area contributed by atoms with Crippen molar-refractivity contribution < 1.29 is 19.5 Å². The fourth-order valence-corrected chi connectivity index (χ4v) is 3.38. The van der Waals surface area contributed by atoms with E-state index in [0.717, 1.165) is 23.1 Å². The number of hydrogen-bond donors (Lipinski definition) is 1. The first-order chi connectivity index (χ1) is 14.2. The molecule has 0 fully saturated rings. The Morgan fingerprint density at radius 3 is 2.53 bits per heavy atom. The van der Waals surface area contributed by atoms with Crippen molar-refractivity contribution >= 4 is 17.7 Å². The molecule has 0 saturated heterocycles. The van der Waals surface area contributed by atoms with Gasteiger partial charge in [-0.3, -0.25) is 15.0 Å². The largest absolute Gasteiger partial charge is 0.444 e. The van der Waals surface area contributed by atoms with Crippen molar-refractivity contribution in [3.8, 4) is 0 Å². The van der Waals surface area contributed by atoms with Gasteiger partial charge in [0.25, 0.3) is 5.91 Å². The highest BCUT2D eigenvalue weighted by Crippen LogP contribution is 2.25. The van der Waals surface area contributed by atoms with Crippen LogP contribution in [-0.2, 0) is 16.1 Å². The van der Waals surface area contributed by atoms with Gasteiger partial charge in [0.05, 0.1) is 6.54 Å². The lowest BCUT2D eigenvalue weighted by Gasteiger charge is -2.30. The van der Waals surface area contributed by atoms with Crippen molar-refractivity contribution in [1.29, 1.82) is 0 Å². The van der Waals surface area contributed by atoms with Crippen molar-refractivity contribution in [3.05, 3.63) is 59.2 Å². The fraction of sp³-hybridized carbons (Fsp3) is 0.435. The second-order valence-electron chi connectivity index (χ2n) is 8.44. The third kappa shape index (κ3) is 5.79. The van der Waals surface area contributed by atoms with Crippen LogP contribution in [0.5, 0.6) is 0 Å². The Kier molecular flexibility index (Phi) is 6.72. The number of hydrogen-bond acceptors (Lipinski definition) is 5. The van der Waals surface area contributed by atoms with E-state index in [9.17, 15) is 14.8 Å². The second kappa shape index (κ2) is 9.26. The summed E-state index contributed by atoms with van der Waals surface area (Å²) in [5.41, 5.74) is 2.72. The van der Waals surface area contributed by atoms with Crippen molar-refractivity contribution in [2.24, 2.45) is 4.99 Å². The molecule has 0 spiro atoms. The molecule has 3 rings (SSSR count). The molecule has 0 aliphatic carbocycles. The SMILES string of the molecule is CC(C)(C)OC(=O)N1CC=C(C2=CC(C(=O)N(O)Cc3ccccc3)=NCC2)CC1. The van der Waals surface area contributed by atoms with Gasteiger partial charge in [-0.15, -0.1) is 0 Å². The normalized spacial score (nSPS) is 16.9. The van der Waals surface area contributed by atoms with Crippen LogP contribution >= 0.6 is 0 Å². The molecule has 2 aliphatic rings. The highest BCUT2D eigenvalue weighted by atomic mass is 16.6. The number of benzene rings is 1. The molecular formula is C23H29N3O4. The van der Waals surface area contributed by atoms with Crippen LogP contribution in [0, 0.1) is 0 Å². The Balaban J connectivity index is 1.63. The Labute approximate surface area is 177 Å². The molecule has 1 aromatic carbocycles. The van der Waals surface area contributed by atoms with Gasteiger partial charge in [-0.2, -0.15) is 0 Å². The van der Waals surface area contributed by atoms with Crippen molar-refractivity contribution in [2.45, 2.75) is 45.8 Å². The second-order valence-corrected chi connectivity index (χ2v) is 8.44. The van der Waals surface area contributed by atoms with Gasteiger partial charge in [0, 0.05) is 19.6 Å². The van der Waals surface area contributed by atoms with Crippen LogP contribution in [0.2, 0.25) is 0 Å². The van der Waals surface area contributed by atoms with Crippen LogP contribution in [0.25, 0.3) is 0 Å². The van der Waals surface area contributed by atoms with Crippen molar-refractivity contribution in [2.75, 3.05) is 19.6 Å². The maximum atomic E-state index is 12.6.